The molecule has 3 N–H and O–H groups in total. The molecule has 1 atom stereocenters. The Hall–Kier alpha value is -2.80. The van der Waals surface area contributed by atoms with Gasteiger partial charge < -0.3 is 25.1 Å². The van der Waals surface area contributed by atoms with Crippen LogP contribution in [0.5, 0.6) is 5.75 Å². The van der Waals surface area contributed by atoms with Gasteiger partial charge in [-0.1, -0.05) is 6.07 Å². The highest BCUT2D eigenvalue weighted by Gasteiger charge is 2.25. The average molecular weight is 380 g/mol. The van der Waals surface area contributed by atoms with Gasteiger partial charge in [-0.05, 0) is 55.4 Å². The summed E-state index contributed by atoms with van der Waals surface area (Å²) in [7, 11) is 0. The van der Waals surface area contributed by atoms with E-state index in [0.29, 0.717) is 30.3 Å². The van der Waals surface area contributed by atoms with Crippen LogP contribution in [0.25, 0.3) is 0 Å². The maximum Gasteiger partial charge on any atom is 0.255 e. The normalized spacial score (nSPS) is 20.9. The second-order valence-electron chi connectivity index (χ2n) is 7.53. The number of fused-ring (bicyclic) bond motifs is 2. The summed E-state index contributed by atoms with van der Waals surface area (Å²) in [6.45, 7) is 1.38. The first-order valence-electron chi connectivity index (χ1n) is 9.95. The van der Waals surface area contributed by atoms with Crippen LogP contribution >= 0.6 is 0 Å². The third-order valence-corrected chi connectivity index (χ3v) is 5.62. The van der Waals surface area contributed by atoms with Gasteiger partial charge in [-0.25, -0.2) is 4.99 Å². The first kappa shape index (κ1) is 17.3. The van der Waals surface area contributed by atoms with E-state index < -0.39 is 6.23 Å². The Morgan fingerprint density at radius 1 is 1.21 bits per heavy atom. The number of carbonyl (C=O) groups is 1. The number of aromatic nitrogens is 1. The number of anilines is 1. The Morgan fingerprint density at radius 2 is 2.07 bits per heavy atom. The zero-order valence-corrected chi connectivity index (χ0v) is 15.7. The number of nitrogens with zero attached hydrogens (tertiary/aromatic N) is 1. The van der Waals surface area contributed by atoms with Crippen molar-refractivity contribution in [2.45, 2.75) is 44.4 Å². The predicted molar refractivity (Wildman–Crippen MR) is 107 cm³/mol. The Balaban J connectivity index is 1.28. The van der Waals surface area contributed by atoms with Crippen molar-refractivity contribution in [1.82, 2.24) is 10.3 Å². The van der Waals surface area contributed by atoms with E-state index in [1.54, 1.807) is 12.4 Å². The van der Waals surface area contributed by atoms with Crippen LogP contribution in [-0.2, 0) is 17.6 Å². The number of hydrogen-bond acceptors (Lipinski definition) is 5. The summed E-state index contributed by atoms with van der Waals surface area (Å²) >= 11 is 0. The molecule has 0 bridgehead atoms. The summed E-state index contributed by atoms with van der Waals surface area (Å²) in [5.41, 5.74) is 4.01. The standard InChI is InChI=1S/C21H24N4O3/c26-21(24-15-6-8-27-9-7-15)17-11-22-20-19(17)25-18(12-23-20)28-16-5-4-13-2-1-3-14(13)10-16/h4-5,10-12,15,18,22,25H,1-3,6-9H2,(H,24,26). The molecule has 28 heavy (non-hydrogen) atoms. The minimum atomic E-state index is -0.419. The van der Waals surface area contributed by atoms with Crippen molar-refractivity contribution >= 4 is 23.6 Å². The van der Waals surface area contributed by atoms with E-state index in [-0.39, 0.29) is 11.9 Å². The minimum Gasteiger partial charge on any atom is -0.465 e. The fourth-order valence-corrected chi connectivity index (χ4v) is 4.09. The maximum absolute atomic E-state index is 12.7. The topological polar surface area (TPSA) is 87.7 Å². The molecule has 1 amide bonds. The average Bonchev–Trinajstić information content (AvgIpc) is 3.35. The van der Waals surface area contributed by atoms with Gasteiger partial charge in [0.15, 0.2) is 5.82 Å². The number of hydrogen-bond donors (Lipinski definition) is 3. The molecule has 1 aromatic carbocycles. The molecule has 2 aliphatic heterocycles. The van der Waals surface area contributed by atoms with E-state index in [9.17, 15) is 4.79 Å². The highest BCUT2D eigenvalue weighted by Crippen LogP contribution is 2.32. The summed E-state index contributed by atoms with van der Waals surface area (Å²) in [5, 5.41) is 6.38. The van der Waals surface area contributed by atoms with Gasteiger partial charge in [0, 0.05) is 25.5 Å². The molecule has 3 aliphatic rings. The number of H-pyrrole nitrogens is 1. The van der Waals surface area contributed by atoms with Gasteiger partial charge in [-0.15, -0.1) is 0 Å². The van der Waals surface area contributed by atoms with Gasteiger partial charge in [0.25, 0.3) is 5.91 Å². The van der Waals surface area contributed by atoms with E-state index in [4.69, 9.17) is 9.47 Å². The van der Waals surface area contributed by atoms with Gasteiger partial charge in [0.05, 0.1) is 17.5 Å². The van der Waals surface area contributed by atoms with Crippen molar-refractivity contribution in [3.05, 3.63) is 41.1 Å². The number of rotatable bonds is 4. The molecule has 7 heteroatoms. The number of aryl methyl sites for hydroxylation is 2. The molecule has 7 nitrogen and oxygen atoms in total. The molecule has 1 saturated heterocycles. The van der Waals surface area contributed by atoms with Crippen molar-refractivity contribution in [3.63, 3.8) is 0 Å². The summed E-state index contributed by atoms with van der Waals surface area (Å²) in [6.07, 6.45) is 8.14. The number of amides is 1. The molecular weight excluding hydrogens is 356 g/mol. The quantitative estimate of drug-likeness (QED) is 0.761. The highest BCUT2D eigenvalue weighted by molar-refractivity contribution is 6.03. The lowest BCUT2D eigenvalue weighted by atomic mass is 10.1. The van der Waals surface area contributed by atoms with Crippen molar-refractivity contribution in [1.29, 1.82) is 0 Å². The number of ether oxygens (including phenoxy) is 2. The minimum absolute atomic E-state index is 0.106. The zero-order valence-electron chi connectivity index (χ0n) is 15.7. The lowest BCUT2D eigenvalue weighted by Crippen LogP contribution is -2.39. The van der Waals surface area contributed by atoms with Crippen LogP contribution in [0.4, 0.5) is 11.5 Å². The van der Waals surface area contributed by atoms with Gasteiger partial charge >= 0.3 is 0 Å². The van der Waals surface area contributed by atoms with Crippen molar-refractivity contribution in [2.75, 3.05) is 18.5 Å². The molecule has 0 spiro atoms. The second-order valence-corrected chi connectivity index (χ2v) is 7.53. The van der Waals surface area contributed by atoms with Crippen molar-refractivity contribution < 1.29 is 14.3 Å². The third kappa shape index (κ3) is 3.38. The molecule has 1 fully saturated rings. The SMILES string of the molecule is O=C(NC1CCOCC1)c1c[nH]c2c1NC(Oc1ccc3c(c1)CCC3)C=N2. The summed E-state index contributed by atoms with van der Waals surface area (Å²) in [6, 6.07) is 6.41. The number of carbonyl (C=O) groups excluding carboxylic acids is 1. The van der Waals surface area contributed by atoms with Gasteiger partial charge in [0.2, 0.25) is 6.23 Å². The smallest absolute Gasteiger partial charge is 0.255 e. The Bertz CT molecular complexity index is 914. The van der Waals surface area contributed by atoms with E-state index in [0.717, 1.165) is 31.4 Å². The van der Waals surface area contributed by atoms with E-state index in [1.807, 2.05) is 6.07 Å². The Morgan fingerprint density at radius 3 is 2.96 bits per heavy atom. The van der Waals surface area contributed by atoms with Crippen LogP contribution in [0.3, 0.4) is 0 Å². The number of aliphatic imine (C=N–C) groups is 1. The van der Waals surface area contributed by atoms with Gasteiger partial charge in [-0.2, -0.15) is 0 Å². The number of benzene rings is 1. The van der Waals surface area contributed by atoms with Crippen LogP contribution in [0.1, 0.15) is 40.7 Å². The molecule has 1 unspecified atom stereocenters. The largest absolute Gasteiger partial charge is 0.465 e. The first-order chi connectivity index (χ1) is 13.8. The molecule has 1 aromatic heterocycles. The summed E-state index contributed by atoms with van der Waals surface area (Å²) in [5.74, 6) is 1.35. The highest BCUT2D eigenvalue weighted by atomic mass is 16.5. The lowest BCUT2D eigenvalue weighted by Gasteiger charge is -2.24. The predicted octanol–water partition coefficient (Wildman–Crippen LogP) is 2.95. The van der Waals surface area contributed by atoms with Crippen LogP contribution < -0.4 is 15.4 Å². The maximum atomic E-state index is 12.7. The van der Waals surface area contributed by atoms with Crippen LogP contribution in [0.2, 0.25) is 0 Å². The van der Waals surface area contributed by atoms with E-state index >= 15 is 0 Å². The van der Waals surface area contributed by atoms with Crippen LogP contribution in [-0.4, -0.2) is 42.6 Å². The van der Waals surface area contributed by atoms with Crippen LogP contribution in [0.15, 0.2) is 29.4 Å². The lowest BCUT2D eigenvalue weighted by molar-refractivity contribution is 0.0697. The zero-order chi connectivity index (χ0) is 18.9. The molecule has 146 valence electrons. The fourth-order valence-electron chi connectivity index (χ4n) is 4.09. The number of nitrogens with one attached hydrogen (secondary N) is 3. The molecule has 1 aliphatic carbocycles. The molecule has 0 radical (unpaired) electrons. The summed E-state index contributed by atoms with van der Waals surface area (Å²) in [4.78, 5) is 20.2. The third-order valence-electron chi connectivity index (χ3n) is 5.62. The second kappa shape index (κ2) is 7.31. The van der Waals surface area contributed by atoms with E-state index in [1.165, 1.54) is 17.5 Å². The van der Waals surface area contributed by atoms with E-state index in [2.05, 4.69) is 32.7 Å². The molecule has 3 heterocycles. The first-order valence-corrected chi connectivity index (χ1v) is 9.95. The summed E-state index contributed by atoms with van der Waals surface area (Å²) < 4.78 is 11.4. The van der Waals surface area contributed by atoms with Gasteiger partial charge in [-0.3, -0.25) is 4.79 Å². The molecule has 5 rings (SSSR count). The Labute approximate surface area is 163 Å². The van der Waals surface area contributed by atoms with Crippen molar-refractivity contribution in [2.24, 2.45) is 4.99 Å². The molecule has 2 aromatic rings. The molecular formula is C21H24N4O3. The van der Waals surface area contributed by atoms with Crippen LogP contribution in [0, 0.1) is 0 Å². The molecule has 0 saturated carbocycles. The monoisotopic (exact) mass is 380 g/mol. The Kier molecular flexibility index (Phi) is 4.52. The fraction of sp³-hybridized carbons (Fsp3) is 0.429. The van der Waals surface area contributed by atoms with Crippen molar-refractivity contribution in [3.8, 4) is 5.75 Å². The van der Waals surface area contributed by atoms with Gasteiger partial charge in [0.1, 0.15) is 5.75 Å². The number of aromatic amines is 1.